The average molecular weight is 250 g/mol. The van der Waals surface area contributed by atoms with E-state index in [1.54, 1.807) is 0 Å². The number of para-hydroxylation sites is 1. The van der Waals surface area contributed by atoms with Gasteiger partial charge in [0.05, 0.1) is 0 Å². The quantitative estimate of drug-likeness (QED) is 0.754. The zero-order chi connectivity index (χ0) is 13.0. The lowest BCUT2D eigenvalue weighted by atomic mass is 10.0. The van der Waals surface area contributed by atoms with E-state index in [0.717, 1.165) is 18.6 Å². The van der Waals surface area contributed by atoms with Crippen molar-refractivity contribution in [1.29, 1.82) is 0 Å². The molecule has 4 heteroatoms. The molecular formula is C14H18O4. The number of benzene rings is 1. The zero-order valence-corrected chi connectivity index (χ0v) is 10.8. The van der Waals surface area contributed by atoms with Crippen LogP contribution in [0, 0.1) is 0 Å². The minimum absolute atomic E-state index is 0.272. The Hall–Kier alpha value is -1.71. The molecule has 0 amide bonds. The predicted molar refractivity (Wildman–Crippen MR) is 66.9 cm³/mol. The van der Waals surface area contributed by atoms with Crippen molar-refractivity contribution in [3.8, 4) is 5.75 Å². The van der Waals surface area contributed by atoms with E-state index in [9.17, 15) is 4.79 Å². The zero-order valence-electron chi connectivity index (χ0n) is 10.8. The van der Waals surface area contributed by atoms with E-state index in [0.29, 0.717) is 6.61 Å². The molecule has 1 aliphatic heterocycles. The Morgan fingerprint density at radius 3 is 2.44 bits per heavy atom. The molecule has 0 aromatic heterocycles. The summed E-state index contributed by atoms with van der Waals surface area (Å²) in [6.45, 7) is 4.81. The molecule has 1 unspecified atom stereocenters. The van der Waals surface area contributed by atoms with Crippen LogP contribution in [0.3, 0.4) is 0 Å². The van der Waals surface area contributed by atoms with Crippen molar-refractivity contribution in [3.63, 3.8) is 0 Å². The second kappa shape index (κ2) is 5.76. The molecule has 1 aromatic rings. The lowest BCUT2D eigenvalue weighted by molar-refractivity contribution is 0.0978. The largest absolute Gasteiger partial charge is 0.508 e. The van der Waals surface area contributed by atoms with Crippen molar-refractivity contribution in [1.82, 2.24) is 0 Å². The molecule has 4 nitrogen and oxygen atoms in total. The van der Waals surface area contributed by atoms with Gasteiger partial charge in [0.15, 0.2) is 6.10 Å². The molecule has 0 radical (unpaired) electrons. The van der Waals surface area contributed by atoms with Gasteiger partial charge in [-0.15, -0.1) is 0 Å². The fraction of sp³-hybridized carbons (Fsp3) is 0.500. The summed E-state index contributed by atoms with van der Waals surface area (Å²) in [7, 11) is 0. The van der Waals surface area contributed by atoms with Gasteiger partial charge in [-0.3, -0.25) is 0 Å². The summed E-state index contributed by atoms with van der Waals surface area (Å²) in [5, 5.41) is 0. The van der Waals surface area contributed by atoms with Gasteiger partial charge >= 0.3 is 6.16 Å². The van der Waals surface area contributed by atoms with Gasteiger partial charge in [-0.05, 0) is 24.0 Å². The molecule has 1 aromatic carbocycles. The van der Waals surface area contributed by atoms with Crippen molar-refractivity contribution < 1.29 is 19.0 Å². The lowest BCUT2D eigenvalue weighted by Crippen LogP contribution is -2.20. The van der Waals surface area contributed by atoms with Crippen molar-refractivity contribution in [2.45, 2.75) is 32.8 Å². The number of hydrogen-bond donors (Lipinski definition) is 0. The van der Waals surface area contributed by atoms with Crippen LogP contribution in [0.25, 0.3) is 0 Å². The van der Waals surface area contributed by atoms with Crippen LogP contribution >= 0.6 is 0 Å². The molecule has 1 saturated heterocycles. The maximum absolute atomic E-state index is 10.8. The molecule has 1 fully saturated rings. The van der Waals surface area contributed by atoms with Gasteiger partial charge in [-0.2, -0.15) is 0 Å². The Morgan fingerprint density at radius 1 is 1.28 bits per heavy atom. The average Bonchev–Trinajstić information content (AvgIpc) is 2.81. The van der Waals surface area contributed by atoms with Crippen molar-refractivity contribution in [2.24, 2.45) is 0 Å². The molecule has 0 saturated carbocycles. The summed E-state index contributed by atoms with van der Waals surface area (Å²) in [4.78, 5) is 10.8. The lowest BCUT2D eigenvalue weighted by Gasteiger charge is -2.15. The second-order valence-electron chi connectivity index (χ2n) is 4.22. The highest BCUT2D eigenvalue weighted by molar-refractivity contribution is 5.61. The van der Waals surface area contributed by atoms with Gasteiger partial charge < -0.3 is 14.2 Å². The van der Waals surface area contributed by atoms with Gasteiger partial charge in [0.2, 0.25) is 0 Å². The molecule has 0 spiro atoms. The maximum atomic E-state index is 10.8. The molecule has 0 aliphatic carbocycles. The number of rotatable bonds is 5. The van der Waals surface area contributed by atoms with Gasteiger partial charge in [-0.25, -0.2) is 4.79 Å². The molecule has 1 heterocycles. The summed E-state index contributed by atoms with van der Waals surface area (Å²) in [5.41, 5.74) is 2.36. The predicted octanol–water partition coefficient (Wildman–Crippen LogP) is 2.73. The highest BCUT2D eigenvalue weighted by Crippen LogP contribution is 2.25. The molecule has 2 rings (SSSR count). The molecule has 0 bridgehead atoms. The number of hydrogen-bond acceptors (Lipinski definition) is 4. The second-order valence-corrected chi connectivity index (χ2v) is 4.22. The first kappa shape index (κ1) is 12.7. The minimum atomic E-state index is -0.608. The highest BCUT2D eigenvalue weighted by atomic mass is 16.8. The molecule has 0 N–H and O–H groups in total. The van der Waals surface area contributed by atoms with Crippen LogP contribution in [-0.2, 0) is 22.3 Å². The Balaban J connectivity index is 2.05. The fourth-order valence-electron chi connectivity index (χ4n) is 2.00. The molecule has 18 heavy (non-hydrogen) atoms. The Kier molecular flexibility index (Phi) is 4.07. The molecule has 98 valence electrons. The van der Waals surface area contributed by atoms with E-state index >= 15 is 0 Å². The van der Waals surface area contributed by atoms with Gasteiger partial charge in [0.1, 0.15) is 19.0 Å². The topological polar surface area (TPSA) is 44.8 Å². The number of cyclic esters (lactones) is 2. The van der Waals surface area contributed by atoms with Gasteiger partial charge in [0.25, 0.3) is 0 Å². The summed E-state index contributed by atoms with van der Waals surface area (Å²) in [6.07, 6.45) is 0.934. The van der Waals surface area contributed by atoms with E-state index in [1.165, 1.54) is 11.1 Å². The first-order valence-electron chi connectivity index (χ1n) is 6.31. The summed E-state index contributed by atoms with van der Waals surface area (Å²) < 4.78 is 15.5. The number of carbonyl (C=O) groups excluding carboxylic acids is 1. The monoisotopic (exact) mass is 250 g/mol. The third kappa shape index (κ3) is 2.75. The Bertz CT molecular complexity index is 406. The van der Waals surface area contributed by atoms with Gasteiger partial charge in [-0.1, -0.05) is 32.0 Å². The smallest absolute Gasteiger partial charge is 0.489 e. The third-order valence-corrected chi connectivity index (χ3v) is 3.00. The number of carbonyl (C=O) groups is 1. The number of aryl methyl sites for hydroxylation is 2. The van der Waals surface area contributed by atoms with Crippen LogP contribution in [0.1, 0.15) is 25.0 Å². The summed E-state index contributed by atoms with van der Waals surface area (Å²) in [6, 6.07) is 6.17. The Morgan fingerprint density at radius 2 is 1.94 bits per heavy atom. The van der Waals surface area contributed by atoms with Crippen molar-refractivity contribution in [3.05, 3.63) is 29.3 Å². The normalized spacial score (nSPS) is 18.3. The Labute approximate surface area is 107 Å². The first-order chi connectivity index (χ1) is 8.74. The van der Waals surface area contributed by atoms with Crippen LogP contribution in [-0.4, -0.2) is 25.5 Å². The van der Waals surface area contributed by atoms with Gasteiger partial charge in [0, 0.05) is 0 Å². The van der Waals surface area contributed by atoms with Crippen LogP contribution in [0.4, 0.5) is 4.79 Å². The standard InChI is InChI=1S/C14H18O4/c1-3-10-6-5-7-11(4-2)13(10)16-8-12-9-17-14(15)18-12/h5-7,12H,3-4,8-9H2,1-2H3. The maximum Gasteiger partial charge on any atom is 0.508 e. The third-order valence-electron chi connectivity index (χ3n) is 3.00. The minimum Gasteiger partial charge on any atom is -0.489 e. The van der Waals surface area contributed by atoms with Crippen LogP contribution in [0.15, 0.2) is 18.2 Å². The summed E-state index contributed by atoms with van der Waals surface area (Å²) >= 11 is 0. The molecule has 1 atom stereocenters. The van der Waals surface area contributed by atoms with Crippen LogP contribution in [0.5, 0.6) is 5.75 Å². The van der Waals surface area contributed by atoms with E-state index in [1.807, 2.05) is 6.07 Å². The van der Waals surface area contributed by atoms with E-state index in [-0.39, 0.29) is 12.7 Å². The fourth-order valence-corrected chi connectivity index (χ4v) is 2.00. The van der Waals surface area contributed by atoms with Crippen molar-refractivity contribution in [2.75, 3.05) is 13.2 Å². The van der Waals surface area contributed by atoms with E-state index in [2.05, 4.69) is 26.0 Å². The highest BCUT2D eigenvalue weighted by Gasteiger charge is 2.26. The van der Waals surface area contributed by atoms with Crippen LogP contribution < -0.4 is 4.74 Å². The molecule has 1 aliphatic rings. The van der Waals surface area contributed by atoms with E-state index in [4.69, 9.17) is 14.2 Å². The van der Waals surface area contributed by atoms with Crippen molar-refractivity contribution >= 4 is 6.16 Å². The number of ether oxygens (including phenoxy) is 3. The summed E-state index contributed by atoms with van der Waals surface area (Å²) in [5.74, 6) is 0.922. The SMILES string of the molecule is CCc1cccc(CC)c1OCC1COC(=O)O1. The van der Waals surface area contributed by atoms with E-state index < -0.39 is 6.16 Å². The first-order valence-corrected chi connectivity index (χ1v) is 6.31. The molecular weight excluding hydrogens is 232 g/mol. The van der Waals surface area contributed by atoms with Crippen LogP contribution in [0.2, 0.25) is 0 Å².